The number of carbonyl (C=O) groups excluding carboxylic acids is 2. The Morgan fingerprint density at radius 3 is 2.41 bits per heavy atom. The van der Waals surface area contributed by atoms with Gasteiger partial charge in [0.1, 0.15) is 5.69 Å². The topological polar surface area (TPSA) is 53.5 Å². The third-order valence-corrected chi connectivity index (χ3v) is 5.00. The van der Waals surface area contributed by atoms with E-state index in [1.165, 1.54) is 12.8 Å². The Hall–Kier alpha value is -2.69. The number of carbonyl (C=O) groups is 2. The van der Waals surface area contributed by atoms with E-state index in [1.807, 2.05) is 42.2 Å². The quantitative estimate of drug-likeness (QED) is 0.811. The molecule has 142 valence electrons. The molecule has 1 aromatic heterocycles. The molecule has 0 saturated carbocycles. The minimum atomic E-state index is -0.0753. The van der Waals surface area contributed by atoms with E-state index >= 15 is 0 Å². The van der Waals surface area contributed by atoms with Gasteiger partial charge in [-0.25, -0.2) is 0 Å². The van der Waals surface area contributed by atoms with Gasteiger partial charge < -0.3 is 9.80 Å². The second-order valence-corrected chi connectivity index (χ2v) is 6.94. The predicted molar refractivity (Wildman–Crippen MR) is 105 cm³/mol. The Labute approximate surface area is 161 Å². The molecule has 0 unspecified atom stereocenters. The van der Waals surface area contributed by atoms with E-state index in [1.54, 1.807) is 23.2 Å². The molecule has 3 rings (SSSR count). The van der Waals surface area contributed by atoms with E-state index in [9.17, 15) is 9.59 Å². The molecular weight excluding hydrogens is 338 g/mol. The zero-order valence-electron chi connectivity index (χ0n) is 15.9. The monoisotopic (exact) mass is 365 g/mol. The highest BCUT2D eigenvalue weighted by Gasteiger charge is 2.21. The summed E-state index contributed by atoms with van der Waals surface area (Å²) in [5.74, 6) is -0.147. The maximum atomic E-state index is 13.0. The minimum absolute atomic E-state index is 0.0716. The van der Waals surface area contributed by atoms with Gasteiger partial charge in [0.15, 0.2) is 0 Å². The van der Waals surface area contributed by atoms with Gasteiger partial charge in [0.25, 0.3) is 11.8 Å². The summed E-state index contributed by atoms with van der Waals surface area (Å²) < 4.78 is 0. The van der Waals surface area contributed by atoms with Crippen molar-refractivity contribution in [3.8, 4) is 0 Å². The van der Waals surface area contributed by atoms with Crippen molar-refractivity contribution < 1.29 is 9.59 Å². The standard InChI is InChI=1S/C22H27N3O2/c1-2-24(17-18-10-6-5-7-11-18)21(26)19-12-13-23-20(16-19)22(27)25-14-8-3-4-9-15-25/h5-7,10-13,16H,2-4,8-9,14-15,17H2,1H3. The van der Waals surface area contributed by atoms with Crippen LogP contribution in [0.2, 0.25) is 0 Å². The molecule has 1 aromatic carbocycles. The maximum Gasteiger partial charge on any atom is 0.272 e. The predicted octanol–water partition coefficient (Wildman–Crippen LogP) is 3.76. The molecule has 0 N–H and O–H groups in total. The van der Waals surface area contributed by atoms with Crippen LogP contribution in [0.1, 0.15) is 59.0 Å². The number of amides is 2. The maximum absolute atomic E-state index is 13.0. The number of aromatic nitrogens is 1. The molecule has 5 heteroatoms. The van der Waals surface area contributed by atoms with Crippen LogP contribution in [0.4, 0.5) is 0 Å². The molecule has 2 heterocycles. The summed E-state index contributed by atoms with van der Waals surface area (Å²) in [5.41, 5.74) is 1.96. The SMILES string of the molecule is CCN(Cc1ccccc1)C(=O)c1ccnc(C(=O)N2CCCCCC2)c1. The van der Waals surface area contributed by atoms with Crippen LogP contribution in [0.15, 0.2) is 48.7 Å². The molecule has 0 aliphatic carbocycles. The summed E-state index contributed by atoms with van der Waals surface area (Å²) in [6, 6.07) is 13.3. The number of rotatable bonds is 5. The lowest BCUT2D eigenvalue weighted by atomic mass is 10.1. The second-order valence-electron chi connectivity index (χ2n) is 6.94. The number of hydrogen-bond acceptors (Lipinski definition) is 3. The van der Waals surface area contributed by atoms with E-state index in [-0.39, 0.29) is 11.8 Å². The van der Waals surface area contributed by atoms with Gasteiger partial charge in [-0.05, 0) is 37.5 Å². The largest absolute Gasteiger partial charge is 0.337 e. The number of benzene rings is 1. The van der Waals surface area contributed by atoms with Gasteiger partial charge in [-0.2, -0.15) is 0 Å². The minimum Gasteiger partial charge on any atom is -0.337 e. The molecule has 27 heavy (non-hydrogen) atoms. The fourth-order valence-corrected chi connectivity index (χ4v) is 3.43. The van der Waals surface area contributed by atoms with Crippen molar-refractivity contribution in [2.75, 3.05) is 19.6 Å². The van der Waals surface area contributed by atoms with Gasteiger partial charge >= 0.3 is 0 Å². The molecular formula is C22H27N3O2. The first-order chi connectivity index (χ1) is 13.2. The second kappa shape index (κ2) is 9.31. The van der Waals surface area contributed by atoms with Crippen LogP contribution in [0, 0.1) is 0 Å². The zero-order chi connectivity index (χ0) is 19.1. The van der Waals surface area contributed by atoms with Crippen molar-refractivity contribution in [1.82, 2.24) is 14.8 Å². The van der Waals surface area contributed by atoms with Crippen molar-refractivity contribution in [3.05, 3.63) is 65.5 Å². The number of hydrogen-bond donors (Lipinski definition) is 0. The Bertz CT molecular complexity index is 768. The Kier molecular flexibility index (Phi) is 6.58. The fourth-order valence-electron chi connectivity index (χ4n) is 3.43. The lowest BCUT2D eigenvalue weighted by Crippen LogP contribution is -2.33. The van der Waals surface area contributed by atoms with Gasteiger partial charge in [-0.15, -0.1) is 0 Å². The number of likely N-dealkylation sites (tertiary alicyclic amines) is 1. The van der Waals surface area contributed by atoms with E-state index < -0.39 is 0 Å². The van der Waals surface area contributed by atoms with Crippen molar-refractivity contribution in [3.63, 3.8) is 0 Å². The van der Waals surface area contributed by atoms with Crippen molar-refractivity contribution in [2.24, 2.45) is 0 Å². The van der Waals surface area contributed by atoms with Crippen LogP contribution in [-0.4, -0.2) is 46.2 Å². The lowest BCUT2D eigenvalue weighted by Gasteiger charge is -2.22. The van der Waals surface area contributed by atoms with E-state index in [2.05, 4.69) is 4.98 Å². The smallest absolute Gasteiger partial charge is 0.272 e. The van der Waals surface area contributed by atoms with Crippen LogP contribution in [0.3, 0.4) is 0 Å². The number of nitrogens with zero attached hydrogens (tertiary/aromatic N) is 3. The van der Waals surface area contributed by atoms with Crippen LogP contribution in [-0.2, 0) is 6.54 Å². The molecule has 0 atom stereocenters. The molecule has 1 aliphatic rings. The normalized spacial score (nSPS) is 14.5. The Morgan fingerprint density at radius 2 is 1.74 bits per heavy atom. The zero-order valence-corrected chi connectivity index (χ0v) is 15.9. The van der Waals surface area contributed by atoms with Crippen LogP contribution < -0.4 is 0 Å². The van der Waals surface area contributed by atoms with E-state index in [0.717, 1.165) is 31.5 Å². The molecule has 5 nitrogen and oxygen atoms in total. The molecule has 2 amide bonds. The first-order valence-corrected chi connectivity index (χ1v) is 9.77. The average Bonchev–Trinajstić information content (AvgIpc) is 3.01. The summed E-state index contributed by atoms with van der Waals surface area (Å²) in [4.78, 5) is 33.6. The first-order valence-electron chi connectivity index (χ1n) is 9.77. The third kappa shape index (κ3) is 4.94. The summed E-state index contributed by atoms with van der Waals surface area (Å²) in [6.07, 6.45) is 5.96. The highest BCUT2D eigenvalue weighted by molar-refractivity contribution is 5.98. The molecule has 1 aliphatic heterocycles. The van der Waals surface area contributed by atoms with Crippen LogP contribution >= 0.6 is 0 Å². The Morgan fingerprint density at radius 1 is 1.04 bits per heavy atom. The summed E-state index contributed by atoms with van der Waals surface area (Å²) in [7, 11) is 0. The van der Waals surface area contributed by atoms with E-state index in [0.29, 0.717) is 24.3 Å². The fraction of sp³-hybridized carbons (Fsp3) is 0.409. The van der Waals surface area contributed by atoms with Gasteiger partial charge in [0.2, 0.25) is 0 Å². The van der Waals surface area contributed by atoms with Crippen LogP contribution in [0.5, 0.6) is 0 Å². The van der Waals surface area contributed by atoms with Gasteiger partial charge in [-0.1, -0.05) is 43.2 Å². The van der Waals surface area contributed by atoms with Gasteiger partial charge in [0.05, 0.1) is 0 Å². The summed E-state index contributed by atoms with van der Waals surface area (Å²) in [6.45, 7) is 4.66. The van der Waals surface area contributed by atoms with Crippen molar-refractivity contribution >= 4 is 11.8 Å². The molecule has 2 aromatic rings. The third-order valence-electron chi connectivity index (χ3n) is 5.00. The van der Waals surface area contributed by atoms with Gasteiger partial charge in [0, 0.05) is 37.9 Å². The van der Waals surface area contributed by atoms with Crippen molar-refractivity contribution in [1.29, 1.82) is 0 Å². The highest BCUT2D eigenvalue weighted by Crippen LogP contribution is 2.15. The highest BCUT2D eigenvalue weighted by atomic mass is 16.2. The first kappa shape index (κ1) is 19.1. The molecule has 0 radical (unpaired) electrons. The summed E-state index contributed by atoms with van der Waals surface area (Å²) in [5, 5.41) is 0. The van der Waals surface area contributed by atoms with Crippen molar-refractivity contribution in [2.45, 2.75) is 39.2 Å². The molecule has 1 fully saturated rings. The van der Waals surface area contributed by atoms with Crippen LogP contribution in [0.25, 0.3) is 0 Å². The van der Waals surface area contributed by atoms with E-state index in [4.69, 9.17) is 0 Å². The lowest BCUT2D eigenvalue weighted by molar-refractivity contribution is 0.0751. The molecule has 0 bridgehead atoms. The molecule has 1 saturated heterocycles. The van der Waals surface area contributed by atoms with Gasteiger partial charge in [-0.3, -0.25) is 14.6 Å². The Balaban J connectivity index is 1.75. The average molecular weight is 365 g/mol. The summed E-state index contributed by atoms with van der Waals surface area (Å²) >= 11 is 0. The number of pyridine rings is 1. The molecule has 0 spiro atoms.